The van der Waals surface area contributed by atoms with Crippen molar-refractivity contribution in [2.24, 2.45) is 5.92 Å². The molecule has 0 aromatic heterocycles. The number of nitrogens with one attached hydrogen (secondary N) is 1. The van der Waals surface area contributed by atoms with Crippen molar-refractivity contribution in [2.75, 3.05) is 20.3 Å². The predicted octanol–water partition coefficient (Wildman–Crippen LogP) is 1.73. The van der Waals surface area contributed by atoms with E-state index in [1.54, 1.807) is 7.11 Å². The number of carbonyl (C=O) groups excluding carboxylic acids is 1. The van der Waals surface area contributed by atoms with Crippen LogP contribution in [0.3, 0.4) is 0 Å². The summed E-state index contributed by atoms with van der Waals surface area (Å²) in [7, 11) is 1.68. The lowest BCUT2D eigenvalue weighted by Gasteiger charge is -2.27. The third-order valence-corrected chi connectivity index (χ3v) is 3.46. The number of carbonyl (C=O) groups is 1. The molecule has 1 N–H and O–H groups in total. The standard InChI is InChI=1S/C13H25NO3/c1-10-9-11(5-7-14-10)12(15)17-8-6-13(2,3)16-4/h10-11,14H,5-9H2,1-4H3. The summed E-state index contributed by atoms with van der Waals surface area (Å²) in [4.78, 5) is 11.8. The third kappa shape index (κ3) is 5.04. The van der Waals surface area contributed by atoms with Crippen LogP contribution < -0.4 is 5.32 Å². The first-order chi connectivity index (χ1) is 7.94. The average molecular weight is 243 g/mol. The predicted molar refractivity (Wildman–Crippen MR) is 66.9 cm³/mol. The molecule has 100 valence electrons. The molecular weight excluding hydrogens is 218 g/mol. The van der Waals surface area contributed by atoms with Gasteiger partial charge in [-0.1, -0.05) is 0 Å². The van der Waals surface area contributed by atoms with E-state index in [-0.39, 0.29) is 17.5 Å². The van der Waals surface area contributed by atoms with Crippen molar-refractivity contribution in [2.45, 2.75) is 51.7 Å². The van der Waals surface area contributed by atoms with Crippen molar-refractivity contribution in [3.05, 3.63) is 0 Å². The normalized spacial score (nSPS) is 25.6. The number of hydrogen-bond acceptors (Lipinski definition) is 4. The molecule has 4 nitrogen and oxygen atoms in total. The van der Waals surface area contributed by atoms with E-state index in [1.165, 1.54) is 0 Å². The highest BCUT2D eigenvalue weighted by atomic mass is 16.5. The van der Waals surface area contributed by atoms with Crippen molar-refractivity contribution in [1.29, 1.82) is 0 Å². The van der Waals surface area contributed by atoms with Gasteiger partial charge in [0.15, 0.2) is 0 Å². The van der Waals surface area contributed by atoms with Gasteiger partial charge in [0, 0.05) is 19.6 Å². The second-order valence-corrected chi connectivity index (χ2v) is 5.46. The quantitative estimate of drug-likeness (QED) is 0.747. The maximum Gasteiger partial charge on any atom is 0.309 e. The molecule has 0 radical (unpaired) electrons. The first-order valence-electron chi connectivity index (χ1n) is 6.40. The van der Waals surface area contributed by atoms with Gasteiger partial charge in [-0.05, 0) is 40.2 Å². The fourth-order valence-corrected chi connectivity index (χ4v) is 1.96. The lowest BCUT2D eigenvalue weighted by Crippen LogP contribution is -2.39. The molecule has 0 bridgehead atoms. The van der Waals surface area contributed by atoms with Crippen LogP contribution in [0.5, 0.6) is 0 Å². The number of piperidine rings is 1. The van der Waals surface area contributed by atoms with Gasteiger partial charge in [0.25, 0.3) is 0 Å². The second kappa shape index (κ2) is 6.36. The molecule has 0 aromatic carbocycles. The summed E-state index contributed by atoms with van der Waals surface area (Å²) in [5, 5.41) is 3.33. The number of methoxy groups -OCH3 is 1. The Balaban J connectivity index is 2.25. The third-order valence-electron chi connectivity index (χ3n) is 3.46. The summed E-state index contributed by atoms with van der Waals surface area (Å²) >= 11 is 0. The molecule has 2 atom stereocenters. The minimum atomic E-state index is -0.221. The van der Waals surface area contributed by atoms with Gasteiger partial charge < -0.3 is 14.8 Å². The van der Waals surface area contributed by atoms with Gasteiger partial charge in [0.05, 0.1) is 18.1 Å². The maximum atomic E-state index is 11.8. The Morgan fingerprint density at radius 1 is 1.47 bits per heavy atom. The van der Waals surface area contributed by atoms with E-state index in [4.69, 9.17) is 9.47 Å². The smallest absolute Gasteiger partial charge is 0.309 e. The second-order valence-electron chi connectivity index (χ2n) is 5.46. The fourth-order valence-electron chi connectivity index (χ4n) is 1.96. The summed E-state index contributed by atoms with van der Waals surface area (Å²) in [5.41, 5.74) is -0.221. The lowest BCUT2D eigenvalue weighted by molar-refractivity contribution is -0.151. The highest BCUT2D eigenvalue weighted by molar-refractivity contribution is 5.72. The Labute approximate surface area is 104 Å². The van der Waals surface area contributed by atoms with Crippen molar-refractivity contribution >= 4 is 5.97 Å². The van der Waals surface area contributed by atoms with Crippen LogP contribution in [0.2, 0.25) is 0 Å². The van der Waals surface area contributed by atoms with E-state index < -0.39 is 0 Å². The Morgan fingerprint density at radius 3 is 2.76 bits per heavy atom. The molecule has 1 aliphatic rings. The minimum absolute atomic E-state index is 0.0507. The molecule has 1 aliphatic heterocycles. The Kier molecular flexibility index (Phi) is 5.40. The van der Waals surface area contributed by atoms with Crippen LogP contribution in [0.1, 0.15) is 40.0 Å². The number of esters is 1. The highest BCUT2D eigenvalue weighted by Gasteiger charge is 2.26. The number of ether oxygens (including phenoxy) is 2. The van der Waals surface area contributed by atoms with Gasteiger partial charge >= 0.3 is 5.97 Å². The van der Waals surface area contributed by atoms with Gasteiger partial charge in [-0.2, -0.15) is 0 Å². The van der Waals surface area contributed by atoms with E-state index in [2.05, 4.69) is 12.2 Å². The van der Waals surface area contributed by atoms with Gasteiger partial charge in [-0.15, -0.1) is 0 Å². The van der Waals surface area contributed by atoms with E-state index in [0.717, 1.165) is 25.8 Å². The van der Waals surface area contributed by atoms with E-state index in [0.29, 0.717) is 12.6 Å². The maximum absolute atomic E-state index is 11.8. The summed E-state index contributed by atoms with van der Waals surface area (Å²) in [6.07, 6.45) is 2.50. The lowest BCUT2D eigenvalue weighted by atomic mass is 9.93. The molecular formula is C13H25NO3. The van der Waals surface area contributed by atoms with E-state index in [1.807, 2.05) is 13.8 Å². The summed E-state index contributed by atoms with van der Waals surface area (Å²) in [6, 6.07) is 0.414. The molecule has 0 aliphatic carbocycles. The molecule has 0 spiro atoms. The molecule has 0 amide bonds. The first-order valence-corrected chi connectivity index (χ1v) is 6.40. The van der Waals surface area contributed by atoms with Gasteiger partial charge in [0.2, 0.25) is 0 Å². The minimum Gasteiger partial charge on any atom is -0.465 e. The van der Waals surface area contributed by atoms with Gasteiger partial charge in [-0.3, -0.25) is 4.79 Å². The topological polar surface area (TPSA) is 47.6 Å². The van der Waals surface area contributed by atoms with Crippen LogP contribution in [0.4, 0.5) is 0 Å². The van der Waals surface area contributed by atoms with E-state index >= 15 is 0 Å². The van der Waals surface area contributed by atoms with Crippen LogP contribution in [0.25, 0.3) is 0 Å². The van der Waals surface area contributed by atoms with Crippen molar-refractivity contribution in [1.82, 2.24) is 5.32 Å². The van der Waals surface area contributed by atoms with Crippen LogP contribution >= 0.6 is 0 Å². The first kappa shape index (κ1) is 14.5. The molecule has 1 rings (SSSR count). The van der Waals surface area contributed by atoms with Gasteiger partial charge in [-0.25, -0.2) is 0 Å². The van der Waals surface area contributed by atoms with E-state index in [9.17, 15) is 4.79 Å². The van der Waals surface area contributed by atoms with Crippen LogP contribution in [0.15, 0.2) is 0 Å². The number of hydrogen-bond donors (Lipinski definition) is 1. The Hall–Kier alpha value is -0.610. The fraction of sp³-hybridized carbons (Fsp3) is 0.923. The van der Waals surface area contributed by atoms with Crippen LogP contribution in [0, 0.1) is 5.92 Å². The Morgan fingerprint density at radius 2 is 2.18 bits per heavy atom. The molecule has 0 saturated carbocycles. The largest absolute Gasteiger partial charge is 0.465 e. The summed E-state index contributed by atoms with van der Waals surface area (Å²) in [5.74, 6) is 0.0159. The molecule has 2 unspecified atom stereocenters. The van der Waals surface area contributed by atoms with Crippen molar-refractivity contribution in [3.63, 3.8) is 0 Å². The monoisotopic (exact) mass is 243 g/mol. The zero-order valence-electron chi connectivity index (χ0n) is 11.4. The molecule has 1 heterocycles. The van der Waals surface area contributed by atoms with Crippen LogP contribution in [-0.2, 0) is 14.3 Å². The molecule has 4 heteroatoms. The highest BCUT2D eigenvalue weighted by Crippen LogP contribution is 2.18. The zero-order chi connectivity index (χ0) is 12.9. The van der Waals surface area contributed by atoms with Crippen molar-refractivity contribution < 1.29 is 14.3 Å². The summed E-state index contributed by atoms with van der Waals surface area (Å²) < 4.78 is 10.6. The zero-order valence-corrected chi connectivity index (χ0v) is 11.4. The SMILES string of the molecule is COC(C)(C)CCOC(=O)C1CCNC(C)C1. The van der Waals surface area contributed by atoms with Crippen molar-refractivity contribution in [3.8, 4) is 0 Å². The number of rotatable bonds is 5. The molecule has 1 fully saturated rings. The van der Waals surface area contributed by atoms with Gasteiger partial charge in [0.1, 0.15) is 0 Å². The average Bonchev–Trinajstić information content (AvgIpc) is 2.28. The van der Waals surface area contributed by atoms with Crippen LogP contribution in [-0.4, -0.2) is 37.9 Å². The molecule has 17 heavy (non-hydrogen) atoms. The summed E-state index contributed by atoms with van der Waals surface area (Å²) in [6.45, 7) is 7.44. The molecule has 0 aromatic rings. The molecule has 1 saturated heterocycles. The Bertz CT molecular complexity index is 253.